The molecule has 0 saturated heterocycles. The number of allylic oxidation sites excluding steroid dienone is 2. The number of hydrogen-bond acceptors (Lipinski definition) is 0. The summed E-state index contributed by atoms with van der Waals surface area (Å²) in [6, 6.07) is 0. The summed E-state index contributed by atoms with van der Waals surface area (Å²) in [5, 5.41) is 0. The van der Waals surface area contributed by atoms with Crippen molar-refractivity contribution in [2.45, 2.75) is 19.2 Å². The van der Waals surface area contributed by atoms with Crippen molar-refractivity contribution in [1.82, 2.24) is 0 Å². The van der Waals surface area contributed by atoms with Crippen LogP contribution in [0.1, 0.15) is 20.6 Å². The van der Waals surface area contributed by atoms with E-state index in [-0.39, 0.29) is 6.40 Å². The Kier molecular flexibility index (Phi) is 0.206. The summed E-state index contributed by atoms with van der Waals surface area (Å²) in [5.74, 6) is 0. The molecule has 0 unspecified atom stereocenters. The Morgan fingerprint density at radius 2 is 2.17 bits per heavy atom. The first-order valence-electron chi connectivity index (χ1n) is 3.01. The van der Waals surface area contributed by atoms with Crippen molar-refractivity contribution < 1.29 is 1.37 Å². The Hall–Kier alpha value is -0.260. The molecule has 0 amide bonds. The van der Waals surface area contributed by atoms with E-state index in [9.17, 15) is 0 Å². The van der Waals surface area contributed by atoms with Crippen molar-refractivity contribution in [2.75, 3.05) is 0 Å². The van der Waals surface area contributed by atoms with Crippen molar-refractivity contribution >= 4 is 0 Å². The highest BCUT2D eigenvalue weighted by Crippen LogP contribution is 2.52. The Balaban J connectivity index is 1.99. The molecule has 0 aromatic rings. The maximum Gasteiger partial charge on any atom is 0.0267 e. The Bertz CT molecular complexity index is 112. The second kappa shape index (κ2) is 0.575. The minimum Gasteiger partial charge on any atom is -0.0777 e. The summed E-state index contributed by atoms with van der Waals surface area (Å²) in [6.07, 6.45) is 6.91. The van der Waals surface area contributed by atoms with Gasteiger partial charge in [0.1, 0.15) is 0 Å². The molecule has 1 saturated carbocycles. The smallest absolute Gasteiger partial charge is 0.0267 e. The summed E-state index contributed by atoms with van der Waals surface area (Å²) in [6.45, 7) is 0. The molecule has 32 valence electrons. The van der Waals surface area contributed by atoms with Crippen LogP contribution < -0.4 is 0 Å². The highest BCUT2D eigenvalue weighted by atomic mass is 14.4. The van der Waals surface area contributed by atoms with Crippen LogP contribution in [-0.2, 0) is 0 Å². The van der Waals surface area contributed by atoms with E-state index in [4.69, 9.17) is 1.37 Å². The predicted octanol–water partition coefficient (Wildman–Crippen LogP) is 1.73. The van der Waals surface area contributed by atoms with Crippen molar-refractivity contribution in [3.63, 3.8) is 0 Å². The zero-order valence-electron chi connectivity index (χ0n) is 4.65. The second-order valence-corrected chi connectivity index (χ2v) is 2.26. The third kappa shape index (κ3) is 0.173. The third-order valence-corrected chi connectivity index (χ3v) is 1.69. The molecule has 0 radical (unpaired) electrons. The first-order chi connectivity index (χ1) is 3.31. The average molecular weight is 81.1 g/mol. The van der Waals surface area contributed by atoms with Gasteiger partial charge in [-0.15, -0.1) is 0 Å². The quantitative estimate of drug-likeness (QED) is 0.389. The van der Waals surface area contributed by atoms with E-state index in [1.54, 1.807) is 0 Å². The Morgan fingerprint density at radius 3 is 2.33 bits per heavy atom. The van der Waals surface area contributed by atoms with Gasteiger partial charge in [0, 0.05) is 6.79 Å². The van der Waals surface area contributed by atoms with Gasteiger partial charge in [-0.2, -0.15) is 0 Å². The van der Waals surface area contributed by atoms with Gasteiger partial charge in [0.2, 0.25) is 0 Å². The van der Waals surface area contributed by atoms with Crippen LogP contribution >= 0.6 is 0 Å². The molecule has 0 nitrogen and oxygen atoms in total. The molecular formula is C6H8. The van der Waals surface area contributed by atoms with Gasteiger partial charge in [-0.25, -0.2) is 0 Å². The normalized spacial score (nSPS) is 39.0. The summed E-state index contributed by atoms with van der Waals surface area (Å²) >= 11 is 0. The second-order valence-electron chi connectivity index (χ2n) is 2.26. The largest absolute Gasteiger partial charge is 0.0777 e. The molecule has 1 fully saturated rings. The van der Waals surface area contributed by atoms with E-state index >= 15 is 0 Å². The van der Waals surface area contributed by atoms with Gasteiger partial charge in [0.15, 0.2) is 0 Å². The highest BCUT2D eigenvalue weighted by Gasteiger charge is 2.39. The van der Waals surface area contributed by atoms with Crippen molar-refractivity contribution in [1.29, 1.82) is 0 Å². The van der Waals surface area contributed by atoms with Gasteiger partial charge in [-0.1, -0.05) is 18.5 Å². The highest BCUT2D eigenvalue weighted by molar-refractivity contribution is 5.29. The van der Waals surface area contributed by atoms with Gasteiger partial charge in [0.25, 0.3) is 0 Å². The minimum absolute atomic E-state index is 0.259. The van der Waals surface area contributed by atoms with Crippen LogP contribution in [0.4, 0.5) is 0 Å². The van der Waals surface area contributed by atoms with Crippen LogP contribution in [0.3, 0.4) is 0 Å². The van der Waals surface area contributed by atoms with Crippen molar-refractivity contribution in [3.8, 4) is 0 Å². The van der Waals surface area contributed by atoms with E-state index in [1.807, 2.05) is 0 Å². The molecule has 0 heterocycles. The molecule has 2 aliphatic rings. The van der Waals surface area contributed by atoms with Crippen molar-refractivity contribution in [3.05, 3.63) is 12.2 Å². The van der Waals surface area contributed by atoms with Crippen molar-refractivity contribution in [2.24, 2.45) is 5.41 Å². The molecular weight excluding hydrogens is 72.1 g/mol. The zero-order valence-corrected chi connectivity index (χ0v) is 3.65. The van der Waals surface area contributed by atoms with Crippen LogP contribution in [0.2, 0.25) is 0 Å². The zero-order chi connectivity index (χ0) is 4.91. The molecule has 0 aromatic heterocycles. The van der Waals surface area contributed by atoms with E-state index in [0.717, 1.165) is 12.8 Å². The van der Waals surface area contributed by atoms with Crippen LogP contribution in [0.5, 0.6) is 0 Å². The molecule has 0 heteroatoms. The summed E-state index contributed by atoms with van der Waals surface area (Å²) in [5.41, 5.74) is 0.506. The summed E-state index contributed by atoms with van der Waals surface area (Å²) < 4.78 is 7.17. The summed E-state index contributed by atoms with van der Waals surface area (Å²) in [4.78, 5) is 0. The van der Waals surface area contributed by atoms with E-state index < -0.39 is 0 Å². The summed E-state index contributed by atoms with van der Waals surface area (Å²) in [7, 11) is 0. The van der Waals surface area contributed by atoms with Gasteiger partial charge < -0.3 is 0 Å². The molecule has 1 spiro atoms. The topological polar surface area (TPSA) is 0 Å². The molecule has 0 aromatic carbocycles. The lowest BCUT2D eigenvalue weighted by Gasteiger charge is -2.24. The van der Waals surface area contributed by atoms with E-state index in [0.29, 0.717) is 5.41 Å². The van der Waals surface area contributed by atoms with Gasteiger partial charge >= 0.3 is 0 Å². The standard InChI is InChI=1S/C6H8/c1-2-6(3-1)4-5-6/h4-5H,1-3H2/i1D. The van der Waals surface area contributed by atoms with Crippen LogP contribution in [0.15, 0.2) is 12.2 Å². The number of hydrogen-bond donors (Lipinski definition) is 0. The van der Waals surface area contributed by atoms with E-state index in [1.165, 1.54) is 0 Å². The maximum atomic E-state index is 7.17. The molecule has 2 rings (SSSR count). The fourth-order valence-electron chi connectivity index (χ4n) is 0.868. The van der Waals surface area contributed by atoms with Gasteiger partial charge in [0.05, 0.1) is 0 Å². The first kappa shape index (κ1) is 2.15. The molecule has 2 aliphatic carbocycles. The molecule has 0 aliphatic heterocycles. The first-order valence-corrected chi connectivity index (χ1v) is 2.43. The van der Waals surface area contributed by atoms with E-state index in [2.05, 4.69) is 12.2 Å². The lowest BCUT2D eigenvalue weighted by Crippen LogP contribution is -2.12. The average Bonchev–Trinajstić information content (AvgIpc) is 2.14. The lowest BCUT2D eigenvalue weighted by molar-refractivity contribution is 0.329. The molecule has 0 N–H and O–H groups in total. The van der Waals surface area contributed by atoms with Gasteiger partial charge in [-0.05, 0) is 12.8 Å². The number of rotatable bonds is 0. The fraction of sp³-hybridized carbons (Fsp3) is 0.667. The maximum absolute atomic E-state index is 7.17. The Morgan fingerprint density at radius 1 is 1.50 bits per heavy atom. The molecule has 0 bridgehead atoms. The SMILES string of the molecule is [2H]C1CC2(C=C2)C1. The monoisotopic (exact) mass is 81.1 g/mol. The minimum atomic E-state index is 0.259. The third-order valence-electron chi connectivity index (χ3n) is 1.69. The fourth-order valence-corrected chi connectivity index (χ4v) is 0.868. The molecule has 0 atom stereocenters. The van der Waals surface area contributed by atoms with Crippen LogP contribution in [0.25, 0.3) is 0 Å². The Labute approximate surface area is 39.3 Å². The van der Waals surface area contributed by atoms with Crippen LogP contribution in [0, 0.1) is 5.41 Å². The van der Waals surface area contributed by atoms with Gasteiger partial charge in [-0.3, -0.25) is 0 Å². The lowest BCUT2D eigenvalue weighted by atomic mass is 9.80. The van der Waals surface area contributed by atoms with Crippen LogP contribution in [-0.4, -0.2) is 0 Å². The predicted molar refractivity (Wildman–Crippen MR) is 25.4 cm³/mol. The molecule has 6 heavy (non-hydrogen) atoms.